The summed E-state index contributed by atoms with van der Waals surface area (Å²) in [6.45, 7) is 7.48. The van der Waals surface area contributed by atoms with Gasteiger partial charge in [0.2, 0.25) is 5.91 Å². The number of nitrogens with zero attached hydrogens (tertiary/aromatic N) is 3. The fourth-order valence-electron chi connectivity index (χ4n) is 2.86. The number of piperidine rings is 1. The van der Waals surface area contributed by atoms with Crippen molar-refractivity contribution in [3.63, 3.8) is 0 Å². The molecule has 0 atom stereocenters. The number of likely N-dealkylation sites (tertiary alicyclic amines) is 1. The van der Waals surface area contributed by atoms with Gasteiger partial charge in [-0.1, -0.05) is 6.58 Å². The van der Waals surface area contributed by atoms with E-state index in [0.717, 1.165) is 48.2 Å². The maximum atomic E-state index is 11.4. The summed E-state index contributed by atoms with van der Waals surface area (Å²) in [6, 6.07) is 1.99. The number of aromatic amines is 1. The van der Waals surface area contributed by atoms with Crippen LogP contribution in [0.15, 0.2) is 25.2 Å². The van der Waals surface area contributed by atoms with Crippen LogP contribution in [0.25, 0.3) is 16.6 Å². The lowest BCUT2D eigenvalue weighted by Crippen LogP contribution is -2.37. The minimum atomic E-state index is 0.157. The molecule has 2 aromatic rings. The Bertz CT molecular complexity index is 653. The third-order valence-corrected chi connectivity index (χ3v) is 4.09. The molecule has 0 bridgehead atoms. The van der Waals surface area contributed by atoms with Crippen LogP contribution in [0.3, 0.4) is 0 Å². The number of hydrogen-bond acceptors (Lipinski definition) is 3. The Balaban J connectivity index is 1.80. The lowest BCUT2D eigenvalue weighted by Gasteiger charge is -2.32. The number of allylic oxidation sites excluding steroid dienone is 1. The number of H-pyrrole nitrogens is 1. The standard InChI is InChI=1S/C15H18N4O/c1-10(12-4-7-19(8-5-12)11(2)20)14-13-3-6-16-15(13)18-9-17-14/h3,6,9,12H,1,4-5,7-8H2,2H3,(H,16,17,18). The fraction of sp³-hybridized carbons (Fsp3) is 0.400. The highest BCUT2D eigenvalue weighted by atomic mass is 16.2. The average molecular weight is 270 g/mol. The van der Waals surface area contributed by atoms with E-state index in [1.165, 1.54) is 0 Å². The first-order valence-corrected chi connectivity index (χ1v) is 6.89. The first-order chi connectivity index (χ1) is 9.66. The van der Waals surface area contributed by atoms with E-state index in [4.69, 9.17) is 0 Å². The SMILES string of the molecule is C=C(c1ncnc2[nH]ccc12)C1CCN(C(C)=O)CC1. The van der Waals surface area contributed by atoms with E-state index in [0.29, 0.717) is 5.92 Å². The second-order valence-electron chi connectivity index (χ2n) is 5.27. The van der Waals surface area contributed by atoms with Crippen molar-refractivity contribution in [2.75, 3.05) is 13.1 Å². The highest BCUT2D eigenvalue weighted by Gasteiger charge is 2.24. The molecule has 0 aromatic carbocycles. The summed E-state index contributed by atoms with van der Waals surface area (Å²) < 4.78 is 0. The van der Waals surface area contributed by atoms with Crippen LogP contribution in [0.2, 0.25) is 0 Å². The number of fused-ring (bicyclic) bond motifs is 1. The number of carbonyl (C=O) groups excluding carboxylic acids is 1. The summed E-state index contributed by atoms with van der Waals surface area (Å²) in [4.78, 5) is 25.0. The molecule has 1 saturated heterocycles. The number of hydrogen-bond donors (Lipinski definition) is 1. The Labute approximate surface area is 117 Å². The normalized spacial score (nSPS) is 16.6. The monoisotopic (exact) mass is 270 g/mol. The van der Waals surface area contributed by atoms with Crippen molar-refractivity contribution in [2.24, 2.45) is 5.92 Å². The molecule has 0 radical (unpaired) electrons. The largest absolute Gasteiger partial charge is 0.346 e. The summed E-state index contributed by atoms with van der Waals surface area (Å²) in [7, 11) is 0. The van der Waals surface area contributed by atoms with Crippen LogP contribution >= 0.6 is 0 Å². The van der Waals surface area contributed by atoms with Gasteiger partial charge in [0.1, 0.15) is 12.0 Å². The third-order valence-electron chi connectivity index (χ3n) is 4.09. The Kier molecular flexibility index (Phi) is 3.26. The van der Waals surface area contributed by atoms with Gasteiger partial charge in [0.05, 0.1) is 5.69 Å². The van der Waals surface area contributed by atoms with Crippen molar-refractivity contribution in [1.29, 1.82) is 0 Å². The topological polar surface area (TPSA) is 61.9 Å². The van der Waals surface area contributed by atoms with Gasteiger partial charge in [0.25, 0.3) is 0 Å². The minimum Gasteiger partial charge on any atom is -0.346 e. The molecule has 1 N–H and O–H groups in total. The molecule has 1 aliphatic heterocycles. The molecular weight excluding hydrogens is 252 g/mol. The highest BCUT2D eigenvalue weighted by Crippen LogP contribution is 2.32. The molecule has 0 aliphatic carbocycles. The lowest BCUT2D eigenvalue weighted by molar-refractivity contribution is -0.129. The molecule has 0 unspecified atom stereocenters. The summed E-state index contributed by atoms with van der Waals surface area (Å²) in [6.07, 6.45) is 5.35. The molecule has 3 rings (SSSR count). The van der Waals surface area contributed by atoms with Crippen molar-refractivity contribution in [2.45, 2.75) is 19.8 Å². The Hall–Kier alpha value is -2.17. The second-order valence-corrected chi connectivity index (χ2v) is 5.27. The van der Waals surface area contributed by atoms with Crippen LogP contribution in [0, 0.1) is 5.92 Å². The van der Waals surface area contributed by atoms with Gasteiger partial charge in [-0.3, -0.25) is 4.79 Å². The fourth-order valence-corrected chi connectivity index (χ4v) is 2.86. The zero-order valence-corrected chi connectivity index (χ0v) is 11.6. The molecule has 0 spiro atoms. The van der Waals surface area contributed by atoms with E-state index >= 15 is 0 Å². The molecule has 3 heterocycles. The van der Waals surface area contributed by atoms with Gasteiger partial charge in [0.15, 0.2) is 0 Å². The van der Waals surface area contributed by atoms with Gasteiger partial charge in [-0.15, -0.1) is 0 Å². The molecule has 2 aromatic heterocycles. The van der Waals surface area contributed by atoms with Crippen molar-refractivity contribution >= 4 is 22.5 Å². The summed E-state index contributed by atoms with van der Waals surface area (Å²) in [5.74, 6) is 0.544. The third kappa shape index (κ3) is 2.19. The quantitative estimate of drug-likeness (QED) is 0.910. The Morgan fingerprint density at radius 3 is 2.85 bits per heavy atom. The van der Waals surface area contributed by atoms with Crippen LogP contribution in [0.5, 0.6) is 0 Å². The maximum absolute atomic E-state index is 11.4. The van der Waals surface area contributed by atoms with E-state index in [-0.39, 0.29) is 5.91 Å². The maximum Gasteiger partial charge on any atom is 0.219 e. The predicted molar refractivity (Wildman–Crippen MR) is 77.9 cm³/mol. The van der Waals surface area contributed by atoms with Gasteiger partial charge in [-0.25, -0.2) is 9.97 Å². The number of nitrogens with one attached hydrogen (secondary N) is 1. The molecule has 0 saturated carbocycles. The van der Waals surface area contributed by atoms with Gasteiger partial charge in [-0.2, -0.15) is 0 Å². The number of rotatable bonds is 2. The molecule has 1 aliphatic rings. The Morgan fingerprint density at radius 2 is 2.15 bits per heavy atom. The van der Waals surface area contributed by atoms with E-state index in [1.54, 1.807) is 13.3 Å². The molecule has 104 valence electrons. The van der Waals surface area contributed by atoms with Crippen LogP contribution in [-0.4, -0.2) is 38.8 Å². The van der Waals surface area contributed by atoms with Crippen LogP contribution in [0.4, 0.5) is 0 Å². The highest BCUT2D eigenvalue weighted by molar-refractivity contribution is 5.87. The van der Waals surface area contributed by atoms with E-state index in [1.807, 2.05) is 17.2 Å². The van der Waals surface area contributed by atoms with Gasteiger partial charge in [0, 0.05) is 31.6 Å². The zero-order valence-electron chi connectivity index (χ0n) is 11.6. The van der Waals surface area contributed by atoms with E-state index in [9.17, 15) is 4.79 Å². The molecule has 1 amide bonds. The summed E-state index contributed by atoms with van der Waals surface area (Å²) in [5, 5.41) is 1.02. The number of aromatic nitrogens is 3. The zero-order chi connectivity index (χ0) is 14.1. The van der Waals surface area contributed by atoms with E-state index in [2.05, 4.69) is 21.5 Å². The summed E-state index contributed by atoms with van der Waals surface area (Å²) in [5.41, 5.74) is 2.83. The lowest BCUT2D eigenvalue weighted by atomic mass is 9.87. The minimum absolute atomic E-state index is 0.157. The smallest absolute Gasteiger partial charge is 0.219 e. The van der Waals surface area contributed by atoms with Gasteiger partial charge in [-0.05, 0) is 30.4 Å². The molecule has 20 heavy (non-hydrogen) atoms. The van der Waals surface area contributed by atoms with E-state index < -0.39 is 0 Å². The molecular formula is C15H18N4O. The number of carbonyl (C=O) groups is 1. The first kappa shape index (κ1) is 12.8. The summed E-state index contributed by atoms with van der Waals surface area (Å²) >= 11 is 0. The van der Waals surface area contributed by atoms with Crippen LogP contribution in [0.1, 0.15) is 25.5 Å². The van der Waals surface area contributed by atoms with Crippen molar-refractivity contribution < 1.29 is 4.79 Å². The molecule has 5 heteroatoms. The molecule has 1 fully saturated rings. The van der Waals surface area contributed by atoms with Gasteiger partial charge >= 0.3 is 0 Å². The Morgan fingerprint density at radius 1 is 1.40 bits per heavy atom. The number of amides is 1. The van der Waals surface area contributed by atoms with Crippen molar-refractivity contribution in [1.82, 2.24) is 19.9 Å². The van der Waals surface area contributed by atoms with Crippen LogP contribution < -0.4 is 0 Å². The second kappa shape index (κ2) is 5.07. The van der Waals surface area contributed by atoms with Crippen molar-refractivity contribution in [3.8, 4) is 0 Å². The van der Waals surface area contributed by atoms with Crippen molar-refractivity contribution in [3.05, 3.63) is 30.9 Å². The molecule has 5 nitrogen and oxygen atoms in total. The van der Waals surface area contributed by atoms with Crippen LogP contribution in [-0.2, 0) is 4.79 Å². The average Bonchev–Trinajstić information content (AvgIpc) is 2.95. The predicted octanol–water partition coefficient (Wildman–Crippen LogP) is 2.23. The first-order valence-electron chi connectivity index (χ1n) is 6.89. The van der Waals surface area contributed by atoms with Gasteiger partial charge < -0.3 is 9.88 Å².